The maximum absolute atomic E-state index is 12.7. The normalized spacial score (nSPS) is 14.0. The molecule has 0 rings (SSSR count). The van der Waals surface area contributed by atoms with Crippen LogP contribution in [0.5, 0.6) is 0 Å². The summed E-state index contributed by atoms with van der Waals surface area (Å²) in [6, 6.07) is 0. The van der Waals surface area contributed by atoms with Crippen molar-refractivity contribution in [2.45, 2.75) is 225 Å². The second-order valence-corrected chi connectivity index (χ2v) is 19.1. The van der Waals surface area contributed by atoms with E-state index < -0.39 is 32.5 Å². The number of nitrogens with two attached hydrogens (primary N) is 1. The van der Waals surface area contributed by atoms with Crippen molar-refractivity contribution >= 4 is 19.8 Å². The molecular formula is C59H100NO8P. The lowest BCUT2D eigenvalue weighted by atomic mass is 10.0. The summed E-state index contributed by atoms with van der Waals surface area (Å²) in [6.45, 7) is 3.50. The summed E-state index contributed by atoms with van der Waals surface area (Å²) in [5.41, 5.74) is 5.38. The van der Waals surface area contributed by atoms with Gasteiger partial charge >= 0.3 is 19.8 Å². The first kappa shape index (κ1) is 65.7. The quantitative estimate of drug-likeness (QED) is 0.0264. The van der Waals surface area contributed by atoms with Gasteiger partial charge in [0.2, 0.25) is 0 Å². The van der Waals surface area contributed by atoms with Crippen LogP contribution in [0.25, 0.3) is 0 Å². The Morgan fingerprint density at radius 1 is 0.435 bits per heavy atom. The zero-order chi connectivity index (χ0) is 50.2. The highest BCUT2D eigenvalue weighted by Crippen LogP contribution is 2.43. The molecule has 394 valence electrons. The molecule has 2 unspecified atom stereocenters. The summed E-state index contributed by atoms with van der Waals surface area (Å²) in [5.74, 6) is -0.845. The van der Waals surface area contributed by atoms with E-state index in [0.29, 0.717) is 6.42 Å². The maximum Gasteiger partial charge on any atom is 0.472 e. The number of rotatable bonds is 50. The Balaban J connectivity index is 4.05. The minimum Gasteiger partial charge on any atom is -0.462 e. The molecule has 0 saturated carbocycles. The van der Waals surface area contributed by atoms with E-state index >= 15 is 0 Å². The third kappa shape index (κ3) is 53.9. The number of esters is 2. The third-order valence-electron chi connectivity index (χ3n) is 11.2. The summed E-state index contributed by atoms with van der Waals surface area (Å²) in [5, 5.41) is 0. The van der Waals surface area contributed by atoms with Gasteiger partial charge in [0.25, 0.3) is 0 Å². The fourth-order valence-corrected chi connectivity index (χ4v) is 7.95. The lowest BCUT2D eigenvalue weighted by Crippen LogP contribution is -2.29. The number of carbonyl (C=O) groups excluding carboxylic acids is 2. The van der Waals surface area contributed by atoms with Crippen LogP contribution in [0.1, 0.15) is 219 Å². The zero-order valence-electron chi connectivity index (χ0n) is 43.8. The number of phosphoric acid groups is 1. The number of ether oxygens (including phenoxy) is 2. The van der Waals surface area contributed by atoms with Gasteiger partial charge in [-0.05, 0) is 96.3 Å². The summed E-state index contributed by atoms with van der Waals surface area (Å²) in [6.07, 6.45) is 72.7. The molecule has 2 atom stereocenters. The van der Waals surface area contributed by atoms with Crippen LogP contribution in [0, 0.1) is 0 Å². The van der Waals surface area contributed by atoms with Gasteiger partial charge in [-0.25, -0.2) is 4.57 Å². The first-order valence-corrected chi connectivity index (χ1v) is 28.9. The number of phosphoric ester groups is 1. The van der Waals surface area contributed by atoms with Gasteiger partial charge in [0.05, 0.1) is 13.2 Å². The van der Waals surface area contributed by atoms with Crippen molar-refractivity contribution in [2.24, 2.45) is 5.73 Å². The Labute approximate surface area is 422 Å². The van der Waals surface area contributed by atoms with E-state index in [-0.39, 0.29) is 32.6 Å². The highest BCUT2D eigenvalue weighted by Gasteiger charge is 2.26. The average molecular weight is 982 g/mol. The summed E-state index contributed by atoms with van der Waals surface area (Å²) in [7, 11) is -4.40. The van der Waals surface area contributed by atoms with Crippen molar-refractivity contribution in [1.82, 2.24) is 0 Å². The summed E-state index contributed by atoms with van der Waals surface area (Å²) >= 11 is 0. The molecule has 3 N–H and O–H groups in total. The number of carbonyl (C=O) groups is 2. The van der Waals surface area contributed by atoms with Gasteiger partial charge in [0.1, 0.15) is 6.61 Å². The van der Waals surface area contributed by atoms with Crippen LogP contribution in [0.2, 0.25) is 0 Å². The van der Waals surface area contributed by atoms with E-state index in [1.54, 1.807) is 0 Å². The van der Waals surface area contributed by atoms with Gasteiger partial charge in [0.15, 0.2) is 6.10 Å². The van der Waals surface area contributed by atoms with Crippen LogP contribution in [0.3, 0.4) is 0 Å². The van der Waals surface area contributed by atoms with Crippen molar-refractivity contribution in [3.8, 4) is 0 Å². The van der Waals surface area contributed by atoms with Gasteiger partial charge in [-0.15, -0.1) is 0 Å². The Morgan fingerprint density at radius 3 is 1.12 bits per heavy atom. The topological polar surface area (TPSA) is 134 Å². The predicted molar refractivity (Wildman–Crippen MR) is 293 cm³/mol. The first-order chi connectivity index (χ1) is 33.8. The van der Waals surface area contributed by atoms with E-state index in [2.05, 4.69) is 123 Å². The second kappa shape index (κ2) is 54.0. The number of hydrogen-bond donors (Lipinski definition) is 2. The zero-order valence-corrected chi connectivity index (χ0v) is 44.6. The second-order valence-electron chi connectivity index (χ2n) is 17.7. The van der Waals surface area contributed by atoms with E-state index in [1.165, 1.54) is 70.6 Å². The standard InChI is InChI=1S/C59H100NO8P/c1-3-5-7-9-11-13-15-17-19-21-23-25-26-27-28-29-30-32-34-36-38-40-42-44-46-48-50-52-59(62)68-57(56-67-69(63,64)66-54-53-60)55-65-58(61)51-49-47-45-43-41-39-37-35-33-31-24-22-20-18-16-14-12-10-8-6-4-2/h5-8,11-14,17-20,23-25,27-28,31,57H,3-4,9-10,15-16,21-22,26,29-30,32-56,60H2,1-2H3,(H,63,64)/b7-5-,8-6-,13-11-,14-12-,19-17-,20-18-,25-23-,28-27-,31-24-. The Kier molecular flexibility index (Phi) is 51.4. The summed E-state index contributed by atoms with van der Waals surface area (Å²) < 4.78 is 33.0. The first-order valence-electron chi connectivity index (χ1n) is 27.4. The highest BCUT2D eigenvalue weighted by atomic mass is 31.2. The fraction of sp³-hybridized carbons (Fsp3) is 0.661. The van der Waals surface area contributed by atoms with Crippen LogP contribution >= 0.6 is 7.82 Å². The molecule has 0 fully saturated rings. The molecule has 0 aliphatic heterocycles. The maximum atomic E-state index is 12.7. The molecule has 69 heavy (non-hydrogen) atoms. The predicted octanol–water partition coefficient (Wildman–Crippen LogP) is 17.1. The fourth-order valence-electron chi connectivity index (χ4n) is 7.18. The molecule has 0 bridgehead atoms. The molecule has 0 radical (unpaired) electrons. The molecule has 9 nitrogen and oxygen atoms in total. The molecule has 0 spiro atoms. The Bertz CT molecular complexity index is 1490. The molecule has 0 aliphatic rings. The van der Waals surface area contributed by atoms with Gasteiger partial charge in [-0.1, -0.05) is 220 Å². The molecule has 0 aromatic heterocycles. The van der Waals surface area contributed by atoms with Crippen molar-refractivity contribution in [3.05, 3.63) is 109 Å². The van der Waals surface area contributed by atoms with Crippen LogP contribution < -0.4 is 5.73 Å². The molecule has 0 saturated heterocycles. The van der Waals surface area contributed by atoms with Crippen LogP contribution in [-0.4, -0.2) is 49.3 Å². The van der Waals surface area contributed by atoms with Crippen LogP contribution in [0.4, 0.5) is 0 Å². The van der Waals surface area contributed by atoms with Crippen LogP contribution in [0.15, 0.2) is 109 Å². The van der Waals surface area contributed by atoms with E-state index in [1.807, 2.05) is 0 Å². The number of allylic oxidation sites excluding steroid dienone is 18. The largest absolute Gasteiger partial charge is 0.472 e. The summed E-state index contributed by atoms with van der Waals surface area (Å²) in [4.78, 5) is 35.2. The van der Waals surface area contributed by atoms with Gasteiger partial charge in [-0.2, -0.15) is 0 Å². The molecule has 0 aromatic rings. The van der Waals surface area contributed by atoms with E-state index in [9.17, 15) is 19.0 Å². The van der Waals surface area contributed by atoms with Crippen molar-refractivity contribution in [3.63, 3.8) is 0 Å². The highest BCUT2D eigenvalue weighted by molar-refractivity contribution is 7.47. The molecule has 0 aromatic carbocycles. The number of unbranched alkanes of at least 4 members (excludes halogenated alkanes) is 19. The van der Waals surface area contributed by atoms with Crippen molar-refractivity contribution < 1.29 is 37.6 Å². The average Bonchev–Trinajstić information content (AvgIpc) is 3.34. The monoisotopic (exact) mass is 982 g/mol. The SMILES string of the molecule is CC/C=C\C/C=C\C/C=C\C/C=C\C/C=C\CCCCCCCCCCCCCC(=O)OC(COC(=O)CCCCCCCCCC/C=C\C/C=C\C/C=C\C/C=C\CC)COP(=O)(O)OCCN. The minimum absolute atomic E-state index is 0.0463. The van der Waals surface area contributed by atoms with Crippen molar-refractivity contribution in [2.75, 3.05) is 26.4 Å². The van der Waals surface area contributed by atoms with E-state index in [4.69, 9.17) is 24.3 Å². The molecular weight excluding hydrogens is 882 g/mol. The lowest BCUT2D eigenvalue weighted by Gasteiger charge is -2.19. The van der Waals surface area contributed by atoms with Gasteiger partial charge in [-0.3, -0.25) is 18.6 Å². The minimum atomic E-state index is -4.40. The van der Waals surface area contributed by atoms with Crippen molar-refractivity contribution in [1.29, 1.82) is 0 Å². The Hall–Kier alpha value is -3.33. The molecule has 0 amide bonds. The lowest BCUT2D eigenvalue weighted by molar-refractivity contribution is -0.161. The third-order valence-corrected chi connectivity index (χ3v) is 12.1. The number of hydrogen-bond acceptors (Lipinski definition) is 8. The molecule has 10 heteroatoms. The van der Waals surface area contributed by atoms with E-state index in [0.717, 1.165) is 116 Å². The van der Waals surface area contributed by atoms with Gasteiger partial charge in [0, 0.05) is 19.4 Å². The smallest absolute Gasteiger partial charge is 0.462 e. The van der Waals surface area contributed by atoms with Crippen LogP contribution in [-0.2, 0) is 32.7 Å². The Morgan fingerprint density at radius 2 is 0.754 bits per heavy atom. The molecule has 0 aliphatic carbocycles. The van der Waals surface area contributed by atoms with Gasteiger partial charge < -0.3 is 20.1 Å². The molecule has 0 heterocycles.